The quantitative estimate of drug-likeness (QED) is 0.369. The Kier molecular flexibility index (Phi) is 8.43. The van der Waals surface area contributed by atoms with Gasteiger partial charge in [0.1, 0.15) is 17.8 Å². The minimum Gasteiger partial charge on any atom is -0.341 e. The van der Waals surface area contributed by atoms with E-state index in [-0.39, 0.29) is 22.2 Å². The Bertz CT molecular complexity index is 1120. The second kappa shape index (κ2) is 10.3. The number of carbonyl (C=O) groups excluding carboxylic acids is 1. The molecule has 0 heterocycles. The van der Waals surface area contributed by atoms with Crippen LogP contribution in [0.3, 0.4) is 0 Å². The Hall–Kier alpha value is -2.47. The first-order chi connectivity index (χ1) is 15.8. The van der Waals surface area contributed by atoms with Gasteiger partial charge in [-0.15, -0.1) is 0 Å². The third kappa shape index (κ3) is 7.26. The highest BCUT2D eigenvalue weighted by Gasteiger charge is 2.41. The van der Waals surface area contributed by atoms with E-state index in [1.807, 2.05) is 0 Å². The van der Waals surface area contributed by atoms with Crippen LogP contribution in [0.1, 0.15) is 39.9 Å². The molecule has 0 bridgehead atoms. The third-order valence-electron chi connectivity index (χ3n) is 4.65. The van der Waals surface area contributed by atoms with Crippen LogP contribution in [-0.4, -0.2) is 24.3 Å². The first kappa shape index (κ1) is 28.8. The average molecular weight is 556 g/mol. The van der Waals surface area contributed by atoms with Crippen molar-refractivity contribution in [2.45, 2.75) is 37.4 Å². The lowest BCUT2D eigenvalue weighted by Gasteiger charge is -2.20. The molecule has 0 aromatic heterocycles. The van der Waals surface area contributed by atoms with Crippen molar-refractivity contribution < 1.29 is 48.7 Å². The number of nitrogens with one attached hydrogen (secondary N) is 1. The summed E-state index contributed by atoms with van der Waals surface area (Å²) in [6.07, 6.45) is -15.4. The van der Waals surface area contributed by atoms with Crippen LogP contribution >= 0.6 is 23.2 Å². The van der Waals surface area contributed by atoms with Crippen LogP contribution in [0.25, 0.3) is 5.83 Å². The maximum absolute atomic E-state index is 14.7. The summed E-state index contributed by atoms with van der Waals surface area (Å²) < 4.78 is 134. The standard InChI is InChI=1S/C21H13Cl2F10NO/c1-9(19(25,26)27)34-18(35)12-4-2-11(6-14(12)21(31,32)33)17(24)8-13(20(28,29)30)10-3-5-15(22)16(23)7-10/h2-9,13H,1H3,(H,34,35)/b17-8-. The number of alkyl halides is 9. The molecule has 0 saturated carbocycles. The molecular formula is C21H13Cl2F10NO. The van der Waals surface area contributed by atoms with Gasteiger partial charge in [-0.1, -0.05) is 35.3 Å². The molecule has 192 valence electrons. The van der Waals surface area contributed by atoms with Crippen molar-refractivity contribution in [1.82, 2.24) is 5.32 Å². The predicted octanol–water partition coefficient (Wildman–Crippen LogP) is 8.35. The van der Waals surface area contributed by atoms with Gasteiger partial charge in [-0.2, -0.15) is 39.5 Å². The maximum atomic E-state index is 14.7. The van der Waals surface area contributed by atoms with E-state index in [9.17, 15) is 48.7 Å². The van der Waals surface area contributed by atoms with Gasteiger partial charge in [-0.05, 0) is 42.8 Å². The highest BCUT2D eigenvalue weighted by Crippen LogP contribution is 2.41. The molecule has 0 fully saturated rings. The van der Waals surface area contributed by atoms with Gasteiger partial charge in [0.15, 0.2) is 0 Å². The zero-order chi connectivity index (χ0) is 26.9. The fraction of sp³-hybridized carbons (Fsp3) is 0.286. The molecule has 0 aliphatic carbocycles. The summed E-state index contributed by atoms with van der Waals surface area (Å²) in [6, 6.07) is 1.14. The van der Waals surface area contributed by atoms with E-state index in [1.165, 1.54) is 5.32 Å². The van der Waals surface area contributed by atoms with Crippen molar-refractivity contribution >= 4 is 34.9 Å². The summed E-state index contributed by atoms with van der Waals surface area (Å²) in [5.41, 5.74) is -4.67. The number of amides is 1. The zero-order valence-electron chi connectivity index (χ0n) is 17.1. The molecule has 2 unspecified atom stereocenters. The second-order valence-electron chi connectivity index (χ2n) is 7.20. The van der Waals surface area contributed by atoms with Gasteiger partial charge in [0.05, 0.1) is 21.2 Å². The predicted molar refractivity (Wildman–Crippen MR) is 109 cm³/mol. The van der Waals surface area contributed by atoms with E-state index < -0.39 is 64.5 Å². The van der Waals surface area contributed by atoms with Gasteiger partial charge in [-0.25, -0.2) is 4.39 Å². The van der Waals surface area contributed by atoms with Gasteiger partial charge in [-0.3, -0.25) is 4.79 Å². The zero-order valence-corrected chi connectivity index (χ0v) is 18.7. The van der Waals surface area contributed by atoms with E-state index in [4.69, 9.17) is 23.2 Å². The van der Waals surface area contributed by atoms with Gasteiger partial charge < -0.3 is 5.32 Å². The number of halogens is 12. The Morgan fingerprint density at radius 1 is 0.886 bits per heavy atom. The Balaban J connectivity index is 2.54. The monoisotopic (exact) mass is 555 g/mol. The first-order valence-electron chi connectivity index (χ1n) is 9.30. The first-order valence-corrected chi connectivity index (χ1v) is 10.1. The highest BCUT2D eigenvalue weighted by molar-refractivity contribution is 6.42. The molecule has 2 rings (SSSR count). The van der Waals surface area contributed by atoms with Crippen molar-refractivity contribution in [2.75, 3.05) is 0 Å². The van der Waals surface area contributed by atoms with Crippen LogP contribution in [0, 0.1) is 0 Å². The molecule has 0 spiro atoms. The van der Waals surface area contributed by atoms with Crippen molar-refractivity contribution in [1.29, 1.82) is 0 Å². The van der Waals surface area contributed by atoms with Crippen LogP contribution in [0.2, 0.25) is 10.0 Å². The molecule has 2 aromatic rings. The van der Waals surface area contributed by atoms with Crippen LogP contribution in [0.15, 0.2) is 42.5 Å². The third-order valence-corrected chi connectivity index (χ3v) is 5.39. The van der Waals surface area contributed by atoms with Gasteiger partial charge in [0.25, 0.3) is 5.91 Å². The van der Waals surface area contributed by atoms with Crippen LogP contribution < -0.4 is 5.32 Å². The summed E-state index contributed by atoms with van der Waals surface area (Å²) in [4.78, 5) is 12.0. The lowest BCUT2D eigenvalue weighted by Crippen LogP contribution is -2.43. The molecule has 0 radical (unpaired) electrons. The van der Waals surface area contributed by atoms with Gasteiger partial charge in [0.2, 0.25) is 0 Å². The SMILES string of the molecule is CC(NC(=O)c1ccc(/C(F)=C/C(c2ccc(Cl)c(Cl)c2)C(F)(F)F)cc1C(F)(F)F)C(F)(F)F. The fourth-order valence-corrected chi connectivity index (χ4v) is 3.12. The van der Waals surface area contributed by atoms with E-state index in [0.29, 0.717) is 19.1 Å². The second-order valence-corrected chi connectivity index (χ2v) is 8.02. The molecular weight excluding hydrogens is 543 g/mol. The average Bonchev–Trinajstić information content (AvgIpc) is 2.71. The van der Waals surface area contributed by atoms with Crippen molar-refractivity contribution in [3.8, 4) is 0 Å². The number of rotatable bonds is 5. The molecule has 2 atom stereocenters. The summed E-state index contributed by atoms with van der Waals surface area (Å²) in [6.45, 7) is 0.488. The lowest BCUT2D eigenvalue weighted by atomic mass is 9.95. The molecule has 14 heteroatoms. The van der Waals surface area contributed by atoms with E-state index >= 15 is 0 Å². The van der Waals surface area contributed by atoms with E-state index in [0.717, 1.165) is 18.2 Å². The van der Waals surface area contributed by atoms with Gasteiger partial charge in [0, 0.05) is 5.56 Å². The number of benzene rings is 2. The summed E-state index contributed by atoms with van der Waals surface area (Å²) in [5.74, 6) is -6.14. The summed E-state index contributed by atoms with van der Waals surface area (Å²) in [7, 11) is 0. The van der Waals surface area contributed by atoms with Crippen molar-refractivity contribution in [2.24, 2.45) is 0 Å². The topological polar surface area (TPSA) is 29.1 Å². The molecule has 35 heavy (non-hydrogen) atoms. The summed E-state index contributed by atoms with van der Waals surface area (Å²) in [5, 5.41) is 0.961. The van der Waals surface area contributed by atoms with Crippen molar-refractivity contribution in [3.05, 3.63) is 74.8 Å². The largest absolute Gasteiger partial charge is 0.417 e. The lowest BCUT2D eigenvalue weighted by molar-refractivity contribution is -0.149. The molecule has 1 N–H and O–H groups in total. The Morgan fingerprint density at radius 3 is 1.97 bits per heavy atom. The number of carbonyl (C=O) groups is 1. The summed E-state index contributed by atoms with van der Waals surface area (Å²) >= 11 is 11.4. The molecule has 0 saturated heterocycles. The number of allylic oxidation sites excluding steroid dienone is 1. The van der Waals surface area contributed by atoms with E-state index in [2.05, 4.69) is 0 Å². The van der Waals surface area contributed by atoms with Gasteiger partial charge >= 0.3 is 18.5 Å². The molecule has 2 nitrogen and oxygen atoms in total. The fourth-order valence-electron chi connectivity index (χ4n) is 2.81. The minimum absolute atomic E-state index is 0.000522. The van der Waals surface area contributed by atoms with Crippen LogP contribution in [0.5, 0.6) is 0 Å². The number of hydrogen-bond donors (Lipinski definition) is 1. The van der Waals surface area contributed by atoms with Crippen molar-refractivity contribution in [3.63, 3.8) is 0 Å². The Labute approximate surface area is 201 Å². The molecule has 0 aliphatic rings. The normalized spacial score (nSPS) is 15.1. The molecule has 2 aromatic carbocycles. The van der Waals surface area contributed by atoms with Crippen LogP contribution in [-0.2, 0) is 6.18 Å². The maximum Gasteiger partial charge on any atom is 0.417 e. The molecule has 0 aliphatic heterocycles. The molecule has 1 amide bonds. The smallest absolute Gasteiger partial charge is 0.341 e. The minimum atomic E-state index is -5.35. The van der Waals surface area contributed by atoms with E-state index in [1.54, 1.807) is 0 Å². The highest BCUT2D eigenvalue weighted by atomic mass is 35.5. The van der Waals surface area contributed by atoms with Crippen LogP contribution in [0.4, 0.5) is 43.9 Å². The number of hydrogen-bond acceptors (Lipinski definition) is 1. The Morgan fingerprint density at radius 2 is 1.49 bits per heavy atom.